The summed E-state index contributed by atoms with van der Waals surface area (Å²) in [5, 5.41) is 0. The second-order valence-corrected chi connectivity index (χ2v) is 4.46. The molecule has 16 heavy (non-hydrogen) atoms. The molecule has 85 valence electrons. The number of aldehydes is 1. The van der Waals surface area contributed by atoms with E-state index in [9.17, 15) is 4.79 Å². The van der Waals surface area contributed by atoms with Crippen molar-refractivity contribution in [3.05, 3.63) is 30.3 Å². The van der Waals surface area contributed by atoms with Gasteiger partial charge in [-0.25, -0.2) is 4.98 Å². The summed E-state index contributed by atoms with van der Waals surface area (Å²) in [6.45, 7) is 8.12. The predicted molar refractivity (Wildman–Crippen MR) is 64.7 cm³/mol. The maximum Gasteiger partial charge on any atom is 0.151 e. The highest BCUT2D eigenvalue weighted by Crippen LogP contribution is 2.23. The van der Waals surface area contributed by atoms with Crippen LogP contribution in [0.2, 0.25) is 0 Å². The van der Waals surface area contributed by atoms with Crippen LogP contribution in [-0.4, -0.2) is 24.4 Å². The maximum absolute atomic E-state index is 10.6. The van der Waals surface area contributed by atoms with Gasteiger partial charge in [-0.2, -0.15) is 0 Å². The number of pyridine rings is 1. The number of carbonyl (C=O) groups excluding carboxylic acids is 1. The molecule has 1 aromatic heterocycles. The largest absolute Gasteiger partial charge is 0.356 e. The summed E-state index contributed by atoms with van der Waals surface area (Å²) in [5.41, 5.74) is 1.72. The molecule has 0 aromatic carbocycles. The van der Waals surface area contributed by atoms with Crippen LogP contribution in [0.3, 0.4) is 0 Å². The summed E-state index contributed by atoms with van der Waals surface area (Å²) >= 11 is 0. The van der Waals surface area contributed by atoms with Crippen molar-refractivity contribution in [1.29, 1.82) is 0 Å². The topological polar surface area (TPSA) is 33.2 Å². The molecule has 2 rings (SSSR count). The lowest BCUT2D eigenvalue weighted by atomic mass is 9.99. The first-order valence-electron chi connectivity index (χ1n) is 5.70. The molecule has 0 N–H and O–H groups in total. The van der Waals surface area contributed by atoms with E-state index in [0.717, 1.165) is 43.6 Å². The molecule has 1 saturated heterocycles. The number of nitrogens with zero attached hydrogens (tertiary/aromatic N) is 2. The Labute approximate surface area is 96.5 Å². The van der Waals surface area contributed by atoms with Gasteiger partial charge in [-0.05, 0) is 37.3 Å². The minimum absolute atomic E-state index is 0.575. The van der Waals surface area contributed by atoms with Crippen LogP contribution in [0.1, 0.15) is 28.8 Å². The highest BCUT2D eigenvalue weighted by atomic mass is 16.1. The Morgan fingerprint density at radius 2 is 2.19 bits per heavy atom. The van der Waals surface area contributed by atoms with Crippen molar-refractivity contribution in [3.63, 3.8) is 0 Å². The van der Waals surface area contributed by atoms with Crippen molar-refractivity contribution in [2.45, 2.75) is 19.8 Å². The molecule has 1 radical (unpaired) electrons. The van der Waals surface area contributed by atoms with Gasteiger partial charge in [0.05, 0.1) is 0 Å². The molecular weight excluding hydrogens is 200 g/mol. The number of aromatic nitrogens is 1. The first-order valence-corrected chi connectivity index (χ1v) is 5.70. The Morgan fingerprint density at radius 3 is 2.75 bits per heavy atom. The van der Waals surface area contributed by atoms with Crippen LogP contribution < -0.4 is 4.90 Å². The minimum Gasteiger partial charge on any atom is -0.356 e. The number of hydrogen-bond donors (Lipinski definition) is 0. The Morgan fingerprint density at radius 1 is 1.50 bits per heavy atom. The molecule has 0 aliphatic carbocycles. The number of hydrogen-bond acceptors (Lipinski definition) is 3. The van der Waals surface area contributed by atoms with E-state index in [2.05, 4.69) is 16.8 Å². The first kappa shape index (κ1) is 11.1. The van der Waals surface area contributed by atoms with E-state index in [1.807, 2.05) is 13.0 Å². The molecule has 0 spiro atoms. The molecule has 0 amide bonds. The van der Waals surface area contributed by atoms with Gasteiger partial charge in [0.2, 0.25) is 0 Å². The van der Waals surface area contributed by atoms with E-state index in [0.29, 0.717) is 11.5 Å². The Kier molecular flexibility index (Phi) is 3.22. The molecule has 3 nitrogen and oxygen atoms in total. The molecule has 3 heteroatoms. The zero-order valence-electron chi connectivity index (χ0n) is 9.65. The SMILES string of the molecule is [CH2]C1CCN(c2ncc(C=O)cc2C)CC1. The van der Waals surface area contributed by atoms with Crippen LogP contribution in [0.15, 0.2) is 12.3 Å². The van der Waals surface area contributed by atoms with Crippen molar-refractivity contribution in [3.8, 4) is 0 Å². The highest BCUT2D eigenvalue weighted by molar-refractivity contribution is 5.75. The average Bonchev–Trinajstić information content (AvgIpc) is 2.30. The van der Waals surface area contributed by atoms with E-state index in [-0.39, 0.29) is 0 Å². The zero-order chi connectivity index (χ0) is 11.5. The Hall–Kier alpha value is -1.38. The number of aryl methyl sites for hydroxylation is 1. The monoisotopic (exact) mass is 217 g/mol. The molecule has 0 bridgehead atoms. The minimum atomic E-state index is 0.575. The number of carbonyl (C=O) groups is 1. The van der Waals surface area contributed by atoms with Crippen LogP contribution in [0.4, 0.5) is 5.82 Å². The molecule has 2 heterocycles. The van der Waals surface area contributed by atoms with Crippen LogP contribution in [-0.2, 0) is 0 Å². The van der Waals surface area contributed by atoms with Gasteiger partial charge >= 0.3 is 0 Å². The van der Waals surface area contributed by atoms with Gasteiger partial charge in [0.15, 0.2) is 6.29 Å². The molecule has 1 aliphatic heterocycles. The Balaban J connectivity index is 2.17. The fourth-order valence-corrected chi connectivity index (χ4v) is 2.13. The van der Waals surface area contributed by atoms with Crippen molar-refractivity contribution in [1.82, 2.24) is 4.98 Å². The normalized spacial score (nSPS) is 17.5. The van der Waals surface area contributed by atoms with Crippen molar-refractivity contribution in [2.75, 3.05) is 18.0 Å². The van der Waals surface area contributed by atoms with Crippen LogP contribution in [0.5, 0.6) is 0 Å². The molecule has 0 unspecified atom stereocenters. The first-order chi connectivity index (χ1) is 7.70. The van der Waals surface area contributed by atoms with Crippen LogP contribution >= 0.6 is 0 Å². The summed E-state index contributed by atoms with van der Waals surface area (Å²) in [5.74, 6) is 1.59. The van der Waals surface area contributed by atoms with Gasteiger partial charge in [-0.1, -0.05) is 6.92 Å². The lowest BCUT2D eigenvalue weighted by molar-refractivity contribution is 0.112. The summed E-state index contributed by atoms with van der Waals surface area (Å²) < 4.78 is 0. The molecule has 1 aromatic rings. The third kappa shape index (κ3) is 2.23. The van der Waals surface area contributed by atoms with E-state index >= 15 is 0 Å². The van der Waals surface area contributed by atoms with Gasteiger partial charge in [0.25, 0.3) is 0 Å². The van der Waals surface area contributed by atoms with E-state index in [1.54, 1.807) is 6.20 Å². The summed E-state index contributed by atoms with van der Waals surface area (Å²) in [7, 11) is 0. The van der Waals surface area contributed by atoms with Crippen LogP contribution in [0.25, 0.3) is 0 Å². The standard InChI is InChI=1S/C13H17N2O/c1-10-3-5-15(6-4-10)13-11(2)7-12(9-16)8-14-13/h7-10H,1,3-6H2,2H3. The fourth-order valence-electron chi connectivity index (χ4n) is 2.13. The summed E-state index contributed by atoms with van der Waals surface area (Å²) in [4.78, 5) is 17.3. The number of anilines is 1. The smallest absolute Gasteiger partial charge is 0.151 e. The van der Waals surface area contributed by atoms with Crippen LogP contribution in [0, 0.1) is 19.8 Å². The Bertz CT molecular complexity index is 382. The lowest BCUT2D eigenvalue weighted by Crippen LogP contribution is -2.34. The third-order valence-electron chi connectivity index (χ3n) is 3.12. The van der Waals surface area contributed by atoms with E-state index in [4.69, 9.17) is 0 Å². The van der Waals surface area contributed by atoms with Gasteiger partial charge in [-0.15, -0.1) is 0 Å². The molecule has 1 fully saturated rings. The molecular formula is C13H17N2O. The zero-order valence-corrected chi connectivity index (χ0v) is 9.65. The van der Waals surface area contributed by atoms with Gasteiger partial charge in [0, 0.05) is 24.8 Å². The van der Waals surface area contributed by atoms with E-state index in [1.165, 1.54) is 0 Å². The second kappa shape index (κ2) is 4.64. The van der Waals surface area contributed by atoms with Crippen molar-refractivity contribution < 1.29 is 4.79 Å². The second-order valence-electron chi connectivity index (χ2n) is 4.46. The summed E-state index contributed by atoms with van der Waals surface area (Å²) in [6, 6.07) is 1.89. The number of piperidine rings is 1. The van der Waals surface area contributed by atoms with E-state index < -0.39 is 0 Å². The van der Waals surface area contributed by atoms with Gasteiger partial charge in [0.1, 0.15) is 5.82 Å². The maximum atomic E-state index is 10.6. The third-order valence-corrected chi connectivity index (χ3v) is 3.12. The van der Waals surface area contributed by atoms with Crippen molar-refractivity contribution >= 4 is 12.1 Å². The number of rotatable bonds is 2. The highest BCUT2D eigenvalue weighted by Gasteiger charge is 2.18. The van der Waals surface area contributed by atoms with Gasteiger partial charge < -0.3 is 4.90 Å². The van der Waals surface area contributed by atoms with Gasteiger partial charge in [-0.3, -0.25) is 4.79 Å². The van der Waals surface area contributed by atoms with Crippen molar-refractivity contribution in [2.24, 2.45) is 5.92 Å². The molecule has 0 atom stereocenters. The average molecular weight is 217 g/mol. The summed E-state index contributed by atoms with van der Waals surface area (Å²) in [6.07, 6.45) is 4.73. The molecule has 0 saturated carbocycles. The molecule has 1 aliphatic rings. The quantitative estimate of drug-likeness (QED) is 0.712. The fraction of sp³-hybridized carbons (Fsp3) is 0.462. The predicted octanol–water partition coefficient (Wildman–Crippen LogP) is 2.25. The lowest BCUT2D eigenvalue weighted by Gasteiger charge is -2.32.